The van der Waals surface area contributed by atoms with E-state index in [4.69, 9.17) is 0 Å². The van der Waals surface area contributed by atoms with Gasteiger partial charge in [-0.05, 0) is 30.7 Å². The highest BCUT2D eigenvalue weighted by Crippen LogP contribution is 2.36. The fraction of sp³-hybridized carbons (Fsp3) is 0.500. The number of hydrogen-bond acceptors (Lipinski definition) is 5. The first kappa shape index (κ1) is 10.9. The molecule has 0 amide bonds. The smallest absolute Gasteiger partial charge is 0.150 e. The Labute approximate surface area is 104 Å². The highest BCUT2D eigenvalue weighted by atomic mass is 32.1. The molecule has 4 nitrogen and oxygen atoms in total. The van der Waals surface area contributed by atoms with Crippen molar-refractivity contribution in [3.05, 3.63) is 17.3 Å². The fourth-order valence-corrected chi connectivity index (χ4v) is 3.12. The van der Waals surface area contributed by atoms with Crippen LogP contribution < -0.4 is 4.90 Å². The Balaban J connectivity index is 2.08. The highest BCUT2D eigenvalue weighted by Gasteiger charge is 2.31. The lowest BCUT2D eigenvalue weighted by molar-refractivity contribution is 0.301. The Hall–Kier alpha value is -1.20. The topological polar surface area (TPSA) is 49.2 Å². The molecule has 2 aromatic heterocycles. The molecule has 1 fully saturated rings. The summed E-state index contributed by atoms with van der Waals surface area (Å²) in [4.78, 5) is 11.0. The summed E-state index contributed by atoms with van der Waals surface area (Å²) >= 11 is 1.69. The van der Waals surface area contributed by atoms with Crippen LogP contribution >= 0.6 is 11.3 Å². The van der Waals surface area contributed by atoms with E-state index in [0.717, 1.165) is 16.0 Å². The first-order chi connectivity index (χ1) is 8.31. The molecule has 0 spiro atoms. The molecule has 0 unspecified atom stereocenters. The molecule has 0 radical (unpaired) electrons. The van der Waals surface area contributed by atoms with Gasteiger partial charge in [-0.15, -0.1) is 11.3 Å². The number of hydrogen-bond donors (Lipinski definition) is 1. The Morgan fingerprint density at radius 1 is 1.47 bits per heavy atom. The zero-order valence-electron chi connectivity index (χ0n) is 9.76. The molecule has 0 saturated heterocycles. The zero-order chi connectivity index (χ0) is 11.8. The maximum absolute atomic E-state index is 9.17. The van der Waals surface area contributed by atoms with Gasteiger partial charge in [0.1, 0.15) is 12.1 Å². The van der Waals surface area contributed by atoms with Gasteiger partial charge in [-0.1, -0.05) is 0 Å². The van der Waals surface area contributed by atoms with Crippen LogP contribution in [0.3, 0.4) is 0 Å². The monoisotopic (exact) mass is 249 g/mol. The Morgan fingerprint density at radius 3 is 3.00 bits per heavy atom. The lowest BCUT2D eigenvalue weighted by atomic mass is 10.3. The third-order valence-electron chi connectivity index (χ3n) is 3.11. The average molecular weight is 249 g/mol. The van der Waals surface area contributed by atoms with Gasteiger partial charge in [0.05, 0.1) is 16.8 Å². The Kier molecular flexibility index (Phi) is 2.72. The molecule has 1 N–H and O–H groups in total. The third-order valence-corrected chi connectivity index (χ3v) is 4.20. The number of thiophene rings is 1. The van der Waals surface area contributed by atoms with Crippen molar-refractivity contribution in [3.63, 3.8) is 0 Å². The van der Waals surface area contributed by atoms with Crippen molar-refractivity contribution in [1.82, 2.24) is 9.97 Å². The van der Waals surface area contributed by atoms with Gasteiger partial charge < -0.3 is 10.0 Å². The molecule has 2 heterocycles. The molecular weight excluding hydrogens is 234 g/mol. The molecule has 1 aliphatic rings. The summed E-state index contributed by atoms with van der Waals surface area (Å²) in [6.07, 6.45) is 4.04. The predicted molar refractivity (Wildman–Crippen MR) is 69.6 cm³/mol. The van der Waals surface area contributed by atoms with Gasteiger partial charge in [0.2, 0.25) is 0 Å². The van der Waals surface area contributed by atoms with Crippen molar-refractivity contribution in [2.24, 2.45) is 0 Å². The van der Waals surface area contributed by atoms with Crippen LogP contribution in [0.2, 0.25) is 0 Å². The van der Waals surface area contributed by atoms with Crippen molar-refractivity contribution in [2.45, 2.75) is 25.8 Å². The lowest BCUT2D eigenvalue weighted by Gasteiger charge is -2.22. The standard InChI is InChI=1S/C12H15N3OS/c1-8-6-17-11-10(8)13-7-14-12(11)15(4-5-16)9-2-3-9/h6-7,9,16H,2-5H2,1H3. The van der Waals surface area contributed by atoms with Crippen LogP contribution in [0.4, 0.5) is 5.82 Å². The summed E-state index contributed by atoms with van der Waals surface area (Å²) in [7, 11) is 0. The van der Waals surface area contributed by atoms with E-state index in [2.05, 4.69) is 27.2 Å². The second-order valence-corrected chi connectivity index (χ2v) is 5.32. The summed E-state index contributed by atoms with van der Waals surface area (Å²) < 4.78 is 1.14. The number of aromatic nitrogens is 2. The van der Waals surface area contributed by atoms with Crippen LogP contribution in [-0.2, 0) is 0 Å². The average Bonchev–Trinajstić information content (AvgIpc) is 3.11. The van der Waals surface area contributed by atoms with E-state index in [1.165, 1.54) is 18.4 Å². The molecule has 0 atom stereocenters. The molecule has 1 aliphatic carbocycles. The van der Waals surface area contributed by atoms with Crippen LogP contribution in [0, 0.1) is 6.92 Å². The van der Waals surface area contributed by atoms with Gasteiger partial charge in [0.15, 0.2) is 0 Å². The number of aryl methyl sites for hydroxylation is 1. The first-order valence-electron chi connectivity index (χ1n) is 5.87. The summed E-state index contributed by atoms with van der Waals surface area (Å²) in [6, 6.07) is 0.558. The molecule has 5 heteroatoms. The van der Waals surface area contributed by atoms with Crippen molar-refractivity contribution < 1.29 is 5.11 Å². The maximum atomic E-state index is 9.17. The molecule has 0 bridgehead atoms. The molecule has 17 heavy (non-hydrogen) atoms. The van der Waals surface area contributed by atoms with Crippen molar-refractivity contribution in [2.75, 3.05) is 18.1 Å². The number of aliphatic hydroxyl groups excluding tert-OH is 1. The van der Waals surface area contributed by atoms with Crippen LogP contribution in [-0.4, -0.2) is 34.3 Å². The van der Waals surface area contributed by atoms with E-state index in [1.807, 2.05) is 0 Å². The van der Waals surface area contributed by atoms with Crippen molar-refractivity contribution in [3.8, 4) is 0 Å². The summed E-state index contributed by atoms with van der Waals surface area (Å²) in [6.45, 7) is 2.91. The van der Waals surface area contributed by atoms with Gasteiger partial charge in [-0.2, -0.15) is 0 Å². The van der Waals surface area contributed by atoms with Crippen LogP contribution in [0.5, 0.6) is 0 Å². The third kappa shape index (κ3) is 1.89. The van der Waals surface area contributed by atoms with E-state index in [-0.39, 0.29) is 6.61 Å². The van der Waals surface area contributed by atoms with E-state index in [9.17, 15) is 5.11 Å². The van der Waals surface area contributed by atoms with Gasteiger partial charge in [-0.25, -0.2) is 9.97 Å². The van der Waals surface area contributed by atoms with Crippen LogP contribution in [0.25, 0.3) is 10.2 Å². The van der Waals surface area contributed by atoms with Crippen molar-refractivity contribution in [1.29, 1.82) is 0 Å². The Bertz CT molecular complexity index is 536. The fourth-order valence-electron chi connectivity index (χ4n) is 2.12. The van der Waals surface area contributed by atoms with E-state index >= 15 is 0 Å². The Morgan fingerprint density at radius 2 is 2.29 bits per heavy atom. The molecule has 0 aromatic carbocycles. The molecule has 1 saturated carbocycles. The second kappa shape index (κ2) is 4.23. The largest absolute Gasteiger partial charge is 0.395 e. The van der Waals surface area contributed by atoms with E-state index in [1.54, 1.807) is 17.7 Å². The molecule has 3 rings (SSSR count). The van der Waals surface area contributed by atoms with Gasteiger partial charge in [0.25, 0.3) is 0 Å². The van der Waals surface area contributed by atoms with Crippen LogP contribution in [0.1, 0.15) is 18.4 Å². The van der Waals surface area contributed by atoms with Crippen molar-refractivity contribution >= 4 is 27.4 Å². The number of aliphatic hydroxyl groups is 1. The zero-order valence-corrected chi connectivity index (χ0v) is 10.6. The van der Waals surface area contributed by atoms with E-state index < -0.39 is 0 Å². The maximum Gasteiger partial charge on any atom is 0.150 e. The minimum Gasteiger partial charge on any atom is -0.395 e. The van der Waals surface area contributed by atoms with Gasteiger partial charge >= 0.3 is 0 Å². The summed E-state index contributed by atoms with van der Waals surface area (Å²) in [5.41, 5.74) is 2.25. The molecular formula is C12H15N3OS. The minimum absolute atomic E-state index is 0.173. The quantitative estimate of drug-likeness (QED) is 0.900. The van der Waals surface area contributed by atoms with E-state index in [0.29, 0.717) is 12.6 Å². The number of rotatable bonds is 4. The molecule has 2 aromatic rings. The van der Waals surface area contributed by atoms with Gasteiger partial charge in [0, 0.05) is 12.6 Å². The highest BCUT2D eigenvalue weighted by molar-refractivity contribution is 7.18. The number of fused-ring (bicyclic) bond motifs is 1. The first-order valence-corrected chi connectivity index (χ1v) is 6.75. The number of nitrogens with zero attached hydrogens (tertiary/aromatic N) is 3. The molecule has 90 valence electrons. The number of anilines is 1. The normalized spacial score (nSPS) is 15.4. The summed E-state index contributed by atoms with van der Waals surface area (Å²) in [5.74, 6) is 0.990. The molecule has 0 aliphatic heterocycles. The lowest BCUT2D eigenvalue weighted by Crippen LogP contribution is -2.29. The minimum atomic E-state index is 0.173. The summed E-state index contributed by atoms with van der Waals surface area (Å²) in [5, 5.41) is 11.3. The van der Waals surface area contributed by atoms with Gasteiger partial charge in [-0.3, -0.25) is 0 Å². The second-order valence-electron chi connectivity index (χ2n) is 4.44. The van der Waals surface area contributed by atoms with Crippen LogP contribution in [0.15, 0.2) is 11.7 Å². The SMILES string of the molecule is Cc1csc2c(N(CCO)C3CC3)ncnc12. The predicted octanol–water partition coefficient (Wildman–Crippen LogP) is 1.96.